The molecule has 0 fully saturated rings. The van der Waals surface area contributed by atoms with Crippen LogP contribution >= 0.6 is 0 Å². The standard InChI is InChI=1S/C23H23NO5/c1-3-27-18-12-14-19(15-13-18)28-16-23(25)24-17-8-10-20(11-9-17)29-22-7-5-4-6-21(22)26-2/h4-15H,3,16H2,1-2H3,(H,24,25). The number of hydrogen-bond donors (Lipinski definition) is 1. The molecule has 0 radical (unpaired) electrons. The Labute approximate surface area is 170 Å². The van der Waals surface area contributed by atoms with Gasteiger partial charge in [-0.1, -0.05) is 12.1 Å². The van der Waals surface area contributed by atoms with Crippen LogP contribution in [0.1, 0.15) is 6.92 Å². The van der Waals surface area contributed by atoms with Crippen LogP contribution in [0.4, 0.5) is 5.69 Å². The molecule has 3 rings (SSSR count). The minimum atomic E-state index is -0.253. The van der Waals surface area contributed by atoms with Crippen molar-refractivity contribution in [3.63, 3.8) is 0 Å². The Balaban J connectivity index is 1.50. The van der Waals surface area contributed by atoms with Gasteiger partial charge in [-0.15, -0.1) is 0 Å². The van der Waals surface area contributed by atoms with Gasteiger partial charge in [0.25, 0.3) is 5.91 Å². The zero-order valence-electron chi connectivity index (χ0n) is 16.4. The number of ether oxygens (including phenoxy) is 4. The van der Waals surface area contributed by atoms with Crippen LogP contribution in [0.25, 0.3) is 0 Å². The van der Waals surface area contributed by atoms with Gasteiger partial charge in [0.1, 0.15) is 17.2 Å². The summed E-state index contributed by atoms with van der Waals surface area (Å²) >= 11 is 0. The second kappa shape index (κ2) is 10.0. The van der Waals surface area contributed by atoms with Gasteiger partial charge in [0, 0.05) is 5.69 Å². The summed E-state index contributed by atoms with van der Waals surface area (Å²) in [6.45, 7) is 2.44. The van der Waals surface area contributed by atoms with E-state index in [0.29, 0.717) is 35.3 Å². The first kappa shape index (κ1) is 20.1. The van der Waals surface area contributed by atoms with Crippen molar-refractivity contribution < 1.29 is 23.7 Å². The molecule has 1 N–H and O–H groups in total. The van der Waals surface area contributed by atoms with Gasteiger partial charge in [0.05, 0.1) is 13.7 Å². The third-order valence-electron chi connectivity index (χ3n) is 3.94. The predicted octanol–water partition coefficient (Wildman–Crippen LogP) is 4.90. The fourth-order valence-electron chi connectivity index (χ4n) is 2.58. The summed E-state index contributed by atoms with van der Waals surface area (Å²) in [5.41, 5.74) is 0.651. The van der Waals surface area contributed by atoms with E-state index in [1.54, 1.807) is 55.6 Å². The molecule has 0 atom stereocenters. The molecule has 6 heteroatoms. The monoisotopic (exact) mass is 393 g/mol. The average molecular weight is 393 g/mol. The average Bonchev–Trinajstić information content (AvgIpc) is 2.75. The van der Waals surface area contributed by atoms with Crippen LogP contribution in [0.2, 0.25) is 0 Å². The van der Waals surface area contributed by atoms with Crippen LogP contribution in [0.3, 0.4) is 0 Å². The van der Waals surface area contributed by atoms with Crippen molar-refractivity contribution in [3.8, 4) is 28.7 Å². The second-order valence-corrected chi connectivity index (χ2v) is 6.02. The van der Waals surface area contributed by atoms with Gasteiger partial charge in [-0.2, -0.15) is 0 Å². The fraction of sp³-hybridized carbons (Fsp3) is 0.174. The van der Waals surface area contributed by atoms with Crippen molar-refractivity contribution in [3.05, 3.63) is 72.8 Å². The van der Waals surface area contributed by atoms with Gasteiger partial charge >= 0.3 is 0 Å². The number of methoxy groups -OCH3 is 1. The van der Waals surface area contributed by atoms with Crippen molar-refractivity contribution in [2.24, 2.45) is 0 Å². The minimum Gasteiger partial charge on any atom is -0.494 e. The molecule has 3 aromatic rings. The molecule has 3 aromatic carbocycles. The van der Waals surface area contributed by atoms with Crippen molar-refractivity contribution >= 4 is 11.6 Å². The molecular weight excluding hydrogens is 370 g/mol. The third-order valence-corrected chi connectivity index (χ3v) is 3.94. The SMILES string of the molecule is CCOc1ccc(OCC(=O)Nc2ccc(Oc3ccccc3OC)cc2)cc1. The number of para-hydroxylation sites is 2. The largest absolute Gasteiger partial charge is 0.494 e. The third kappa shape index (κ3) is 5.90. The van der Waals surface area contributed by atoms with E-state index in [9.17, 15) is 4.79 Å². The Kier molecular flexibility index (Phi) is 6.95. The maximum atomic E-state index is 12.1. The summed E-state index contributed by atoms with van der Waals surface area (Å²) in [6, 6.07) is 21.6. The van der Waals surface area contributed by atoms with Crippen LogP contribution in [0, 0.1) is 0 Å². The molecule has 0 saturated heterocycles. The molecule has 150 valence electrons. The summed E-state index contributed by atoms with van der Waals surface area (Å²) in [4.78, 5) is 12.1. The van der Waals surface area contributed by atoms with Crippen LogP contribution in [0.15, 0.2) is 72.8 Å². The second-order valence-electron chi connectivity index (χ2n) is 6.02. The molecule has 0 heterocycles. The molecule has 0 spiro atoms. The first-order valence-corrected chi connectivity index (χ1v) is 9.24. The first-order chi connectivity index (χ1) is 14.2. The van der Waals surface area contributed by atoms with Crippen LogP contribution in [-0.4, -0.2) is 26.2 Å². The minimum absolute atomic E-state index is 0.0898. The number of anilines is 1. The molecule has 0 aliphatic heterocycles. The van der Waals surface area contributed by atoms with Gasteiger partial charge in [0.15, 0.2) is 18.1 Å². The highest BCUT2D eigenvalue weighted by Gasteiger charge is 2.07. The quantitative estimate of drug-likeness (QED) is 0.560. The zero-order chi connectivity index (χ0) is 20.5. The van der Waals surface area contributed by atoms with Crippen molar-refractivity contribution in [2.45, 2.75) is 6.92 Å². The van der Waals surface area contributed by atoms with Crippen molar-refractivity contribution in [1.82, 2.24) is 0 Å². The molecular formula is C23H23NO5. The van der Waals surface area contributed by atoms with Crippen LogP contribution in [-0.2, 0) is 4.79 Å². The van der Waals surface area contributed by atoms with E-state index >= 15 is 0 Å². The fourth-order valence-corrected chi connectivity index (χ4v) is 2.58. The summed E-state index contributed by atoms with van der Waals surface area (Å²) in [7, 11) is 1.59. The lowest BCUT2D eigenvalue weighted by atomic mass is 10.3. The topological polar surface area (TPSA) is 66.0 Å². The highest BCUT2D eigenvalue weighted by molar-refractivity contribution is 5.91. The molecule has 0 unspecified atom stereocenters. The Morgan fingerprint density at radius 1 is 0.793 bits per heavy atom. The summed E-state index contributed by atoms with van der Waals surface area (Å²) in [5.74, 6) is 3.02. The Morgan fingerprint density at radius 3 is 2.00 bits per heavy atom. The highest BCUT2D eigenvalue weighted by Crippen LogP contribution is 2.31. The van der Waals surface area contributed by atoms with Crippen LogP contribution in [0.5, 0.6) is 28.7 Å². The van der Waals surface area contributed by atoms with Gasteiger partial charge in [-0.05, 0) is 67.6 Å². The van der Waals surface area contributed by atoms with Crippen molar-refractivity contribution in [2.75, 3.05) is 25.6 Å². The number of nitrogens with one attached hydrogen (secondary N) is 1. The maximum Gasteiger partial charge on any atom is 0.262 e. The Bertz CT molecular complexity index is 923. The number of carbonyl (C=O) groups excluding carboxylic acids is 1. The lowest BCUT2D eigenvalue weighted by Crippen LogP contribution is -2.20. The van der Waals surface area contributed by atoms with E-state index < -0.39 is 0 Å². The molecule has 0 aromatic heterocycles. The smallest absolute Gasteiger partial charge is 0.262 e. The lowest BCUT2D eigenvalue weighted by molar-refractivity contribution is -0.118. The molecule has 0 saturated carbocycles. The maximum absolute atomic E-state index is 12.1. The molecule has 0 bridgehead atoms. The highest BCUT2D eigenvalue weighted by atomic mass is 16.5. The Hall–Kier alpha value is -3.67. The van der Waals surface area contributed by atoms with E-state index in [1.165, 1.54) is 0 Å². The van der Waals surface area contributed by atoms with E-state index in [4.69, 9.17) is 18.9 Å². The molecule has 6 nitrogen and oxygen atoms in total. The molecule has 1 amide bonds. The van der Waals surface area contributed by atoms with Gasteiger partial charge < -0.3 is 24.3 Å². The van der Waals surface area contributed by atoms with Gasteiger partial charge in [0.2, 0.25) is 0 Å². The van der Waals surface area contributed by atoms with E-state index in [1.807, 2.05) is 31.2 Å². The summed E-state index contributed by atoms with van der Waals surface area (Å²) in [6.07, 6.45) is 0. The number of hydrogen-bond acceptors (Lipinski definition) is 5. The zero-order valence-corrected chi connectivity index (χ0v) is 16.4. The van der Waals surface area contributed by atoms with E-state index in [-0.39, 0.29) is 12.5 Å². The molecule has 0 aliphatic carbocycles. The van der Waals surface area contributed by atoms with Crippen LogP contribution < -0.4 is 24.3 Å². The molecule has 0 aliphatic rings. The normalized spacial score (nSPS) is 10.1. The lowest BCUT2D eigenvalue weighted by Gasteiger charge is -2.11. The summed E-state index contributed by atoms with van der Waals surface area (Å²) < 4.78 is 22.0. The Morgan fingerprint density at radius 2 is 1.38 bits per heavy atom. The summed E-state index contributed by atoms with van der Waals surface area (Å²) in [5, 5.41) is 2.79. The van der Waals surface area contributed by atoms with E-state index in [2.05, 4.69) is 5.32 Å². The predicted molar refractivity (Wildman–Crippen MR) is 111 cm³/mol. The van der Waals surface area contributed by atoms with Crippen molar-refractivity contribution in [1.29, 1.82) is 0 Å². The van der Waals surface area contributed by atoms with E-state index in [0.717, 1.165) is 5.75 Å². The molecule has 29 heavy (non-hydrogen) atoms. The number of benzene rings is 3. The number of rotatable bonds is 9. The number of carbonyl (C=O) groups is 1. The van der Waals surface area contributed by atoms with Gasteiger partial charge in [-0.3, -0.25) is 4.79 Å². The first-order valence-electron chi connectivity index (χ1n) is 9.24. The van der Waals surface area contributed by atoms with Gasteiger partial charge in [-0.25, -0.2) is 0 Å². The number of amides is 1.